The molecule has 1 heterocycles. The van der Waals surface area contributed by atoms with Crippen LogP contribution in [0.5, 0.6) is 0 Å². The van der Waals surface area contributed by atoms with Crippen LogP contribution in [-0.2, 0) is 4.74 Å². The van der Waals surface area contributed by atoms with Crippen molar-refractivity contribution in [1.29, 1.82) is 0 Å². The maximum Gasteiger partial charge on any atom is 0.153 e. The highest BCUT2D eigenvalue weighted by Gasteiger charge is 2.16. The second-order valence-corrected chi connectivity index (χ2v) is 5.28. The topological polar surface area (TPSA) is 44.1 Å². The third kappa shape index (κ3) is 3.11. The summed E-state index contributed by atoms with van der Waals surface area (Å²) in [6, 6.07) is 7.77. The minimum atomic E-state index is 0.0820. The molecule has 19 heavy (non-hydrogen) atoms. The van der Waals surface area contributed by atoms with Crippen molar-refractivity contribution >= 4 is 22.2 Å². The number of ether oxygens (including phenoxy) is 1. The average Bonchev–Trinajstić information content (AvgIpc) is 2.83. The van der Waals surface area contributed by atoms with Gasteiger partial charge in [-0.15, -0.1) is 0 Å². The van der Waals surface area contributed by atoms with Gasteiger partial charge in [0.25, 0.3) is 0 Å². The fraction of sp³-hybridized carbons (Fsp3) is 0.286. The number of hydrogen-bond acceptors (Lipinski definition) is 3. The number of rotatable bonds is 5. The number of carbonyl (C=O) groups excluding carboxylic acids is 1. The molecule has 0 aliphatic heterocycles. The zero-order chi connectivity index (χ0) is 13.8. The molecule has 2 aromatic rings. The summed E-state index contributed by atoms with van der Waals surface area (Å²) in [5.41, 5.74) is 2.27. The predicted octanol–water partition coefficient (Wildman–Crippen LogP) is 3.20. The van der Waals surface area contributed by atoms with Crippen molar-refractivity contribution in [3.63, 3.8) is 0 Å². The molecule has 1 unspecified atom stereocenters. The highest BCUT2D eigenvalue weighted by molar-refractivity contribution is 9.10. The molecule has 0 spiro atoms. The number of methoxy groups -OCH3 is 1. The lowest BCUT2D eigenvalue weighted by molar-refractivity contribution is 0.112. The van der Waals surface area contributed by atoms with Gasteiger partial charge in [-0.05, 0) is 18.2 Å². The van der Waals surface area contributed by atoms with Crippen LogP contribution >= 0.6 is 15.9 Å². The van der Waals surface area contributed by atoms with Gasteiger partial charge in [0.15, 0.2) is 6.29 Å². The van der Waals surface area contributed by atoms with Crippen molar-refractivity contribution in [3.05, 3.63) is 46.2 Å². The second-order valence-electron chi connectivity index (χ2n) is 4.37. The number of aldehydes is 1. The number of hydrogen-bond donors (Lipinski definition) is 0. The fourth-order valence-corrected chi connectivity index (χ4v) is 2.34. The lowest BCUT2D eigenvalue weighted by Gasteiger charge is -2.07. The molecule has 0 saturated heterocycles. The molecule has 0 N–H and O–H groups in total. The summed E-state index contributed by atoms with van der Waals surface area (Å²) >= 11 is 3.42. The first-order chi connectivity index (χ1) is 9.15. The Balaban J connectivity index is 2.41. The fourth-order valence-electron chi connectivity index (χ4n) is 1.95. The minimum absolute atomic E-state index is 0.0820. The van der Waals surface area contributed by atoms with E-state index in [0.717, 1.165) is 22.1 Å². The van der Waals surface area contributed by atoms with Crippen molar-refractivity contribution in [2.75, 3.05) is 13.7 Å². The van der Waals surface area contributed by atoms with Gasteiger partial charge in [0.2, 0.25) is 0 Å². The summed E-state index contributed by atoms with van der Waals surface area (Å²) in [6.45, 7) is 2.53. The molecule has 0 radical (unpaired) electrons. The first kappa shape index (κ1) is 14.0. The van der Waals surface area contributed by atoms with E-state index in [1.807, 2.05) is 31.2 Å². The molecular formula is C14H15BrN2O2. The zero-order valence-electron chi connectivity index (χ0n) is 10.8. The summed E-state index contributed by atoms with van der Waals surface area (Å²) in [7, 11) is 1.64. The van der Waals surface area contributed by atoms with E-state index in [2.05, 4.69) is 21.0 Å². The van der Waals surface area contributed by atoms with Crippen LogP contribution < -0.4 is 0 Å². The number of halogens is 1. The van der Waals surface area contributed by atoms with Crippen LogP contribution in [0.4, 0.5) is 0 Å². The summed E-state index contributed by atoms with van der Waals surface area (Å²) in [6.07, 6.45) is 2.58. The first-order valence-electron chi connectivity index (χ1n) is 5.95. The van der Waals surface area contributed by atoms with Gasteiger partial charge in [0, 0.05) is 23.7 Å². The normalized spacial score (nSPS) is 12.4. The molecule has 1 aromatic carbocycles. The van der Waals surface area contributed by atoms with E-state index in [4.69, 9.17) is 4.74 Å². The van der Waals surface area contributed by atoms with E-state index >= 15 is 0 Å². The van der Waals surface area contributed by atoms with Gasteiger partial charge in [-0.25, -0.2) is 4.68 Å². The molecule has 4 nitrogen and oxygen atoms in total. The molecule has 0 aliphatic carbocycles. The monoisotopic (exact) mass is 322 g/mol. The Morgan fingerprint density at radius 3 is 2.95 bits per heavy atom. The van der Waals surface area contributed by atoms with E-state index in [-0.39, 0.29) is 5.92 Å². The van der Waals surface area contributed by atoms with E-state index in [0.29, 0.717) is 12.2 Å². The summed E-state index contributed by atoms with van der Waals surface area (Å²) in [5.74, 6) is 0.0820. The van der Waals surface area contributed by atoms with Gasteiger partial charge in [-0.2, -0.15) is 5.10 Å². The van der Waals surface area contributed by atoms with Gasteiger partial charge in [0.1, 0.15) is 0 Å². The SMILES string of the molecule is COCC(C)c1nn(-c2cccc(Br)c2)cc1C=O. The Morgan fingerprint density at radius 1 is 1.53 bits per heavy atom. The molecule has 0 fully saturated rings. The third-order valence-corrected chi connectivity index (χ3v) is 3.35. The van der Waals surface area contributed by atoms with E-state index in [1.54, 1.807) is 18.0 Å². The van der Waals surface area contributed by atoms with E-state index < -0.39 is 0 Å². The second kappa shape index (κ2) is 6.12. The molecular weight excluding hydrogens is 308 g/mol. The average molecular weight is 323 g/mol. The molecule has 0 amide bonds. The van der Waals surface area contributed by atoms with Crippen LogP contribution in [0.1, 0.15) is 28.9 Å². The molecule has 0 saturated carbocycles. The maximum absolute atomic E-state index is 11.1. The maximum atomic E-state index is 11.1. The van der Waals surface area contributed by atoms with Crippen LogP contribution in [-0.4, -0.2) is 29.8 Å². The number of aromatic nitrogens is 2. The van der Waals surface area contributed by atoms with E-state index in [1.165, 1.54) is 0 Å². The van der Waals surface area contributed by atoms with Crippen molar-refractivity contribution in [1.82, 2.24) is 9.78 Å². The molecule has 0 bridgehead atoms. The first-order valence-corrected chi connectivity index (χ1v) is 6.74. The molecule has 0 aliphatic rings. The van der Waals surface area contributed by atoms with Gasteiger partial charge >= 0.3 is 0 Å². The molecule has 5 heteroatoms. The van der Waals surface area contributed by atoms with Crippen LogP contribution in [0.3, 0.4) is 0 Å². The number of benzene rings is 1. The zero-order valence-corrected chi connectivity index (χ0v) is 12.4. The summed E-state index contributed by atoms with van der Waals surface area (Å²) in [4.78, 5) is 11.1. The van der Waals surface area contributed by atoms with Crippen LogP contribution in [0.2, 0.25) is 0 Å². The third-order valence-electron chi connectivity index (χ3n) is 2.86. The summed E-state index contributed by atoms with van der Waals surface area (Å²) in [5, 5.41) is 4.50. The highest BCUT2D eigenvalue weighted by Crippen LogP contribution is 2.21. The van der Waals surface area contributed by atoms with Crippen molar-refractivity contribution in [3.8, 4) is 5.69 Å². The Hall–Kier alpha value is -1.46. The minimum Gasteiger partial charge on any atom is -0.384 e. The van der Waals surface area contributed by atoms with Crippen molar-refractivity contribution < 1.29 is 9.53 Å². The predicted molar refractivity (Wildman–Crippen MR) is 76.9 cm³/mol. The van der Waals surface area contributed by atoms with Crippen LogP contribution in [0, 0.1) is 0 Å². The van der Waals surface area contributed by atoms with Gasteiger partial charge in [0.05, 0.1) is 23.6 Å². The number of nitrogens with zero attached hydrogens (tertiary/aromatic N) is 2. The van der Waals surface area contributed by atoms with Crippen molar-refractivity contribution in [2.45, 2.75) is 12.8 Å². The molecule has 100 valence electrons. The van der Waals surface area contributed by atoms with Crippen LogP contribution in [0.25, 0.3) is 5.69 Å². The van der Waals surface area contributed by atoms with E-state index in [9.17, 15) is 4.79 Å². The lowest BCUT2D eigenvalue weighted by atomic mass is 10.1. The Morgan fingerprint density at radius 2 is 2.32 bits per heavy atom. The highest BCUT2D eigenvalue weighted by atomic mass is 79.9. The van der Waals surface area contributed by atoms with Crippen LogP contribution in [0.15, 0.2) is 34.9 Å². The van der Waals surface area contributed by atoms with Crippen molar-refractivity contribution in [2.24, 2.45) is 0 Å². The summed E-state index contributed by atoms with van der Waals surface area (Å²) < 4.78 is 7.81. The Bertz CT molecular complexity index is 581. The Labute approximate surface area is 120 Å². The van der Waals surface area contributed by atoms with Gasteiger partial charge in [-0.3, -0.25) is 4.79 Å². The number of carbonyl (C=O) groups is 1. The standard InChI is InChI=1S/C14H15BrN2O2/c1-10(9-19-2)14-11(8-18)7-17(16-14)13-5-3-4-12(15)6-13/h3-8,10H,9H2,1-2H3. The Kier molecular flexibility index (Phi) is 4.50. The largest absolute Gasteiger partial charge is 0.384 e. The lowest BCUT2D eigenvalue weighted by Crippen LogP contribution is -2.05. The molecule has 1 atom stereocenters. The smallest absolute Gasteiger partial charge is 0.153 e. The van der Waals surface area contributed by atoms with Gasteiger partial charge < -0.3 is 4.74 Å². The molecule has 2 rings (SSSR count). The quantitative estimate of drug-likeness (QED) is 0.794. The van der Waals surface area contributed by atoms with Gasteiger partial charge in [-0.1, -0.05) is 28.9 Å². The molecule has 1 aromatic heterocycles.